The summed E-state index contributed by atoms with van der Waals surface area (Å²) in [5, 5.41) is 3.85. The Balaban J connectivity index is 2.19. The normalized spacial score (nSPS) is 12.2. The molecule has 1 heterocycles. The molecule has 0 bridgehead atoms. The Kier molecular flexibility index (Phi) is 4.62. The lowest BCUT2D eigenvalue weighted by Crippen LogP contribution is -2.39. The first-order valence-electron chi connectivity index (χ1n) is 6.19. The van der Waals surface area contributed by atoms with Crippen LogP contribution in [0.15, 0.2) is 24.3 Å². The Bertz CT molecular complexity index is 653. The molecule has 20 heavy (non-hydrogen) atoms. The van der Waals surface area contributed by atoms with Gasteiger partial charge in [0, 0.05) is 10.1 Å². The molecule has 0 aliphatic rings. The number of rotatable bonds is 4. The fourth-order valence-electron chi connectivity index (χ4n) is 1.75. The highest BCUT2D eigenvalue weighted by molar-refractivity contribution is 7.21. The molecule has 0 spiro atoms. The minimum Gasteiger partial charge on any atom is -0.464 e. The van der Waals surface area contributed by atoms with Crippen LogP contribution in [0.3, 0.4) is 0 Å². The standard InChI is InChI=1S/C14H14ClNO3S/c1-3-19-14(18)8(2)16-13(17)12-11(15)9-6-4-5-7-10(9)20-12/h4-8H,3H2,1-2H3,(H,16,17). The lowest BCUT2D eigenvalue weighted by atomic mass is 10.2. The summed E-state index contributed by atoms with van der Waals surface area (Å²) in [7, 11) is 0. The van der Waals surface area contributed by atoms with Crippen molar-refractivity contribution in [3.05, 3.63) is 34.2 Å². The van der Waals surface area contributed by atoms with Crippen LogP contribution in [0.1, 0.15) is 23.5 Å². The highest BCUT2D eigenvalue weighted by Gasteiger charge is 2.21. The van der Waals surface area contributed by atoms with E-state index in [1.807, 2.05) is 24.3 Å². The Morgan fingerprint density at radius 1 is 1.40 bits per heavy atom. The van der Waals surface area contributed by atoms with E-state index in [-0.39, 0.29) is 12.5 Å². The molecule has 6 heteroatoms. The Morgan fingerprint density at radius 2 is 2.10 bits per heavy atom. The van der Waals surface area contributed by atoms with Crippen molar-refractivity contribution in [1.29, 1.82) is 0 Å². The third-order valence-corrected chi connectivity index (χ3v) is 4.40. The lowest BCUT2D eigenvalue weighted by Gasteiger charge is -2.11. The molecule has 1 unspecified atom stereocenters. The van der Waals surface area contributed by atoms with Gasteiger partial charge in [0.05, 0.1) is 11.6 Å². The number of esters is 1. The maximum atomic E-state index is 12.2. The summed E-state index contributed by atoms with van der Waals surface area (Å²) in [6.45, 7) is 3.58. The van der Waals surface area contributed by atoms with Crippen LogP contribution in [-0.2, 0) is 9.53 Å². The summed E-state index contributed by atoms with van der Waals surface area (Å²) in [4.78, 5) is 24.1. The second-order valence-corrected chi connectivity index (χ2v) is 5.62. The first-order chi connectivity index (χ1) is 9.54. The van der Waals surface area contributed by atoms with Crippen molar-refractivity contribution in [3.63, 3.8) is 0 Å². The van der Waals surface area contributed by atoms with E-state index in [1.54, 1.807) is 13.8 Å². The van der Waals surface area contributed by atoms with Gasteiger partial charge in [0.1, 0.15) is 10.9 Å². The van der Waals surface area contributed by atoms with E-state index in [0.29, 0.717) is 9.90 Å². The third kappa shape index (κ3) is 2.94. The molecule has 0 saturated carbocycles. The maximum Gasteiger partial charge on any atom is 0.328 e. The predicted molar refractivity (Wildman–Crippen MR) is 80.4 cm³/mol. The summed E-state index contributed by atoms with van der Waals surface area (Å²) in [6.07, 6.45) is 0. The van der Waals surface area contributed by atoms with E-state index in [9.17, 15) is 9.59 Å². The third-order valence-electron chi connectivity index (χ3n) is 2.73. The summed E-state index contributed by atoms with van der Waals surface area (Å²) in [6, 6.07) is 6.81. The fraction of sp³-hybridized carbons (Fsp3) is 0.286. The molecule has 2 rings (SSSR count). The van der Waals surface area contributed by atoms with Gasteiger partial charge in [-0.1, -0.05) is 29.8 Å². The fourth-order valence-corrected chi connectivity index (χ4v) is 3.17. The van der Waals surface area contributed by atoms with Gasteiger partial charge in [0.2, 0.25) is 0 Å². The highest BCUT2D eigenvalue weighted by Crippen LogP contribution is 2.34. The number of fused-ring (bicyclic) bond motifs is 1. The quantitative estimate of drug-likeness (QED) is 0.882. The van der Waals surface area contributed by atoms with E-state index in [0.717, 1.165) is 10.1 Å². The van der Waals surface area contributed by atoms with Gasteiger partial charge in [0.15, 0.2) is 0 Å². The zero-order valence-corrected chi connectivity index (χ0v) is 12.7. The van der Waals surface area contributed by atoms with Crippen LogP contribution < -0.4 is 5.32 Å². The molecule has 1 atom stereocenters. The van der Waals surface area contributed by atoms with Crippen molar-refractivity contribution >= 4 is 44.9 Å². The molecule has 1 amide bonds. The van der Waals surface area contributed by atoms with Crippen LogP contribution in [0.4, 0.5) is 0 Å². The SMILES string of the molecule is CCOC(=O)C(C)NC(=O)c1sc2ccccc2c1Cl. The number of hydrogen-bond donors (Lipinski definition) is 1. The van der Waals surface area contributed by atoms with Gasteiger partial charge in [-0.05, 0) is 19.9 Å². The minimum atomic E-state index is -0.705. The molecule has 0 radical (unpaired) electrons. The van der Waals surface area contributed by atoms with E-state index in [4.69, 9.17) is 16.3 Å². The molecule has 4 nitrogen and oxygen atoms in total. The predicted octanol–water partition coefficient (Wildman–Crippen LogP) is 3.24. The second-order valence-electron chi connectivity index (χ2n) is 4.19. The zero-order valence-electron chi connectivity index (χ0n) is 11.1. The van der Waals surface area contributed by atoms with Crippen molar-refractivity contribution in [2.45, 2.75) is 19.9 Å². The van der Waals surface area contributed by atoms with Gasteiger partial charge in [-0.15, -0.1) is 11.3 Å². The van der Waals surface area contributed by atoms with Crippen molar-refractivity contribution in [2.24, 2.45) is 0 Å². The Labute approximate surface area is 125 Å². The van der Waals surface area contributed by atoms with E-state index < -0.39 is 12.0 Å². The van der Waals surface area contributed by atoms with Gasteiger partial charge >= 0.3 is 5.97 Å². The van der Waals surface area contributed by atoms with E-state index in [1.165, 1.54) is 11.3 Å². The number of carbonyl (C=O) groups is 2. The Hall–Kier alpha value is -1.59. The molecule has 1 N–H and O–H groups in total. The lowest BCUT2D eigenvalue weighted by molar-refractivity contribution is -0.144. The van der Waals surface area contributed by atoms with Gasteiger partial charge in [-0.2, -0.15) is 0 Å². The summed E-state index contributed by atoms with van der Waals surface area (Å²) in [5.41, 5.74) is 0. The average Bonchev–Trinajstić information content (AvgIpc) is 2.77. The highest BCUT2D eigenvalue weighted by atomic mass is 35.5. The second kappa shape index (κ2) is 6.24. The number of nitrogens with one attached hydrogen (secondary N) is 1. The number of halogens is 1. The largest absolute Gasteiger partial charge is 0.464 e. The number of thiophene rings is 1. The van der Waals surface area contributed by atoms with Crippen LogP contribution in [-0.4, -0.2) is 24.5 Å². The van der Waals surface area contributed by atoms with Gasteiger partial charge in [0.25, 0.3) is 5.91 Å². The summed E-state index contributed by atoms with van der Waals surface area (Å²) in [5.74, 6) is -0.824. The van der Waals surface area contributed by atoms with Crippen molar-refractivity contribution in [1.82, 2.24) is 5.32 Å². The molecule has 1 aromatic heterocycles. The van der Waals surface area contributed by atoms with Crippen molar-refractivity contribution < 1.29 is 14.3 Å². The minimum absolute atomic E-state index is 0.280. The first-order valence-corrected chi connectivity index (χ1v) is 7.38. The van der Waals surface area contributed by atoms with Crippen LogP contribution in [0.2, 0.25) is 5.02 Å². The number of benzene rings is 1. The molecular weight excluding hydrogens is 298 g/mol. The van der Waals surface area contributed by atoms with Crippen LogP contribution in [0.25, 0.3) is 10.1 Å². The van der Waals surface area contributed by atoms with E-state index in [2.05, 4.69) is 5.32 Å². The zero-order chi connectivity index (χ0) is 14.7. The first kappa shape index (κ1) is 14.8. The molecule has 0 aliphatic heterocycles. The number of amides is 1. The summed E-state index contributed by atoms with van der Waals surface area (Å²) >= 11 is 7.51. The van der Waals surface area contributed by atoms with Gasteiger partial charge < -0.3 is 10.1 Å². The summed E-state index contributed by atoms with van der Waals surface area (Å²) < 4.78 is 5.78. The molecule has 0 saturated heterocycles. The molecule has 1 aromatic carbocycles. The molecule has 0 aliphatic carbocycles. The Morgan fingerprint density at radius 3 is 2.75 bits per heavy atom. The average molecular weight is 312 g/mol. The molecule has 106 valence electrons. The van der Waals surface area contributed by atoms with Gasteiger partial charge in [-0.3, -0.25) is 4.79 Å². The number of hydrogen-bond acceptors (Lipinski definition) is 4. The van der Waals surface area contributed by atoms with Gasteiger partial charge in [-0.25, -0.2) is 4.79 Å². The topological polar surface area (TPSA) is 55.4 Å². The van der Waals surface area contributed by atoms with Crippen LogP contribution in [0.5, 0.6) is 0 Å². The smallest absolute Gasteiger partial charge is 0.328 e. The van der Waals surface area contributed by atoms with E-state index >= 15 is 0 Å². The number of ether oxygens (including phenoxy) is 1. The molecule has 0 fully saturated rings. The monoisotopic (exact) mass is 311 g/mol. The maximum absolute atomic E-state index is 12.2. The number of carbonyl (C=O) groups excluding carboxylic acids is 2. The van der Waals surface area contributed by atoms with Crippen LogP contribution in [0, 0.1) is 0 Å². The van der Waals surface area contributed by atoms with Crippen molar-refractivity contribution in [2.75, 3.05) is 6.61 Å². The molecular formula is C14H14ClNO3S. The van der Waals surface area contributed by atoms with Crippen molar-refractivity contribution in [3.8, 4) is 0 Å². The van der Waals surface area contributed by atoms with Crippen LogP contribution >= 0.6 is 22.9 Å². The molecule has 2 aromatic rings.